The molecule has 2 aromatic heterocycles. The van der Waals surface area contributed by atoms with Crippen LogP contribution in [0.15, 0.2) is 27.6 Å². The zero-order chi connectivity index (χ0) is 17.4. The molecule has 25 heavy (non-hydrogen) atoms. The molecule has 1 saturated heterocycles. The number of benzene rings is 1. The Morgan fingerprint density at radius 2 is 2.28 bits per heavy atom. The van der Waals surface area contributed by atoms with E-state index in [4.69, 9.17) is 9.26 Å². The number of nitrogens with zero attached hydrogens (tertiary/aromatic N) is 5. The average Bonchev–Trinajstić information content (AvgIpc) is 3.34. The molecular formula is C14H15N5O4S2. The van der Waals surface area contributed by atoms with Crippen LogP contribution >= 0.6 is 11.7 Å². The van der Waals surface area contributed by atoms with E-state index in [1.807, 2.05) is 0 Å². The lowest BCUT2D eigenvalue weighted by Gasteiger charge is -2.16. The van der Waals surface area contributed by atoms with Crippen molar-refractivity contribution in [2.75, 3.05) is 20.2 Å². The maximum absolute atomic E-state index is 13.0. The van der Waals surface area contributed by atoms with Crippen molar-refractivity contribution < 1.29 is 17.7 Å². The minimum absolute atomic E-state index is 0.100. The molecule has 0 bridgehead atoms. The van der Waals surface area contributed by atoms with Gasteiger partial charge in [-0.15, -0.1) is 0 Å². The molecule has 3 aromatic rings. The molecule has 0 radical (unpaired) electrons. The SMILES string of the molecule is COCc1nc(C2CCN(S(=O)(=O)c3cccc4nsnc34)C2)no1. The molecule has 0 aliphatic carbocycles. The van der Waals surface area contributed by atoms with E-state index in [-0.39, 0.29) is 17.4 Å². The summed E-state index contributed by atoms with van der Waals surface area (Å²) >= 11 is 1.00. The van der Waals surface area contributed by atoms with Crippen LogP contribution in [0.5, 0.6) is 0 Å². The summed E-state index contributed by atoms with van der Waals surface area (Å²) in [6.07, 6.45) is 0.635. The third-order valence-electron chi connectivity index (χ3n) is 4.13. The van der Waals surface area contributed by atoms with Crippen molar-refractivity contribution in [2.45, 2.75) is 23.8 Å². The first kappa shape index (κ1) is 16.5. The number of hydrogen-bond donors (Lipinski definition) is 0. The molecule has 4 rings (SSSR count). The molecule has 1 unspecified atom stereocenters. The van der Waals surface area contributed by atoms with Crippen LogP contribution in [0, 0.1) is 0 Å². The Kier molecular flexibility index (Phi) is 4.23. The standard InChI is InChI=1S/C14H15N5O4S2/c1-22-8-12-15-14(16-23-12)9-5-6-19(7-9)25(20,21)11-4-2-3-10-13(11)18-24-17-10/h2-4,9H,5-8H2,1H3. The predicted molar refractivity (Wildman–Crippen MR) is 88.5 cm³/mol. The van der Waals surface area contributed by atoms with Crippen LogP contribution in [0.2, 0.25) is 0 Å². The van der Waals surface area contributed by atoms with Gasteiger partial charge in [-0.3, -0.25) is 0 Å². The minimum Gasteiger partial charge on any atom is -0.375 e. The van der Waals surface area contributed by atoms with Crippen LogP contribution in [-0.4, -0.2) is 51.8 Å². The fourth-order valence-electron chi connectivity index (χ4n) is 2.90. The van der Waals surface area contributed by atoms with E-state index in [9.17, 15) is 8.42 Å². The van der Waals surface area contributed by atoms with Crippen molar-refractivity contribution in [3.05, 3.63) is 29.9 Å². The normalized spacial score (nSPS) is 19.0. The summed E-state index contributed by atoms with van der Waals surface area (Å²) in [5, 5.41) is 3.94. The molecule has 0 saturated carbocycles. The Morgan fingerprint density at radius 3 is 3.12 bits per heavy atom. The second-order valence-corrected chi connectivity index (χ2v) is 8.15. The van der Waals surface area contributed by atoms with E-state index in [0.717, 1.165) is 11.7 Å². The maximum atomic E-state index is 13.0. The summed E-state index contributed by atoms with van der Waals surface area (Å²) < 4.78 is 45.8. The third kappa shape index (κ3) is 2.92. The van der Waals surface area contributed by atoms with Crippen molar-refractivity contribution >= 4 is 32.8 Å². The van der Waals surface area contributed by atoms with E-state index in [1.54, 1.807) is 25.3 Å². The van der Waals surface area contributed by atoms with Gasteiger partial charge in [0.1, 0.15) is 22.5 Å². The molecule has 0 spiro atoms. The van der Waals surface area contributed by atoms with E-state index in [0.29, 0.717) is 42.3 Å². The van der Waals surface area contributed by atoms with E-state index in [1.165, 1.54) is 4.31 Å². The van der Waals surface area contributed by atoms with Gasteiger partial charge < -0.3 is 9.26 Å². The first-order chi connectivity index (χ1) is 12.1. The Morgan fingerprint density at radius 1 is 1.40 bits per heavy atom. The summed E-state index contributed by atoms with van der Waals surface area (Å²) in [7, 11) is -2.11. The van der Waals surface area contributed by atoms with Gasteiger partial charge in [-0.25, -0.2) is 8.42 Å². The van der Waals surface area contributed by atoms with Gasteiger partial charge in [0, 0.05) is 26.1 Å². The van der Waals surface area contributed by atoms with Crippen molar-refractivity contribution in [3.63, 3.8) is 0 Å². The number of rotatable bonds is 5. The van der Waals surface area contributed by atoms with Crippen LogP contribution in [0.1, 0.15) is 24.1 Å². The van der Waals surface area contributed by atoms with Gasteiger partial charge >= 0.3 is 0 Å². The smallest absolute Gasteiger partial charge is 0.252 e. The number of sulfonamides is 1. The van der Waals surface area contributed by atoms with E-state index in [2.05, 4.69) is 18.9 Å². The molecule has 1 fully saturated rings. The van der Waals surface area contributed by atoms with Gasteiger partial charge in [-0.05, 0) is 18.6 Å². The molecule has 9 nitrogen and oxygen atoms in total. The van der Waals surface area contributed by atoms with Crippen LogP contribution in [0.3, 0.4) is 0 Å². The summed E-state index contributed by atoms with van der Waals surface area (Å²) in [5.41, 5.74) is 1.00. The van der Waals surface area contributed by atoms with Gasteiger partial charge in [0.2, 0.25) is 10.0 Å². The summed E-state index contributed by atoms with van der Waals surface area (Å²) in [5.74, 6) is 0.798. The Balaban J connectivity index is 1.59. The fraction of sp³-hybridized carbons (Fsp3) is 0.429. The van der Waals surface area contributed by atoms with Crippen LogP contribution < -0.4 is 0 Å². The van der Waals surface area contributed by atoms with Gasteiger partial charge in [0.15, 0.2) is 5.82 Å². The van der Waals surface area contributed by atoms with Crippen LogP contribution in [-0.2, 0) is 21.4 Å². The molecule has 1 aliphatic rings. The topological polar surface area (TPSA) is 111 Å². The van der Waals surface area contributed by atoms with Gasteiger partial charge in [0.05, 0.1) is 11.7 Å². The lowest BCUT2D eigenvalue weighted by atomic mass is 10.1. The van der Waals surface area contributed by atoms with E-state index < -0.39 is 10.0 Å². The largest absolute Gasteiger partial charge is 0.375 e. The molecule has 0 amide bonds. The van der Waals surface area contributed by atoms with Crippen molar-refractivity contribution in [1.29, 1.82) is 0 Å². The quantitative estimate of drug-likeness (QED) is 0.652. The Bertz CT molecular complexity index is 999. The number of ether oxygens (including phenoxy) is 1. The average molecular weight is 381 g/mol. The molecule has 1 aromatic carbocycles. The highest BCUT2D eigenvalue weighted by atomic mass is 32.2. The number of aromatic nitrogens is 4. The number of fused-ring (bicyclic) bond motifs is 1. The lowest BCUT2D eigenvalue weighted by molar-refractivity contribution is 0.151. The first-order valence-electron chi connectivity index (χ1n) is 7.62. The number of methoxy groups -OCH3 is 1. The monoisotopic (exact) mass is 381 g/mol. The second-order valence-electron chi connectivity index (χ2n) is 5.72. The lowest BCUT2D eigenvalue weighted by Crippen LogP contribution is -2.29. The van der Waals surface area contributed by atoms with Crippen molar-refractivity contribution in [1.82, 2.24) is 23.2 Å². The van der Waals surface area contributed by atoms with Crippen molar-refractivity contribution in [3.8, 4) is 0 Å². The predicted octanol–water partition coefficient (Wildman–Crippen LogP) is 1.40. The number of hydrogen-bond acceptors (Lipinski definition) is 9. The highest BCUT2D eigenvalue weighted by Crippen LogP contribution is 2.31. The first-order valence-corrected chi connectivity index (χ1v) is 9.79. The van der Waals surface area contributed by atoms with Gasteiger partial charge in [0.25, 0.3) is 5.89 Å². The van der Waals surface area contributed by atoms with Gasteiger partial charge in [-0.2, -0.15) is 18.0 Å². The summed E-state index contributed by atoms with van der Waals surface area (Å²) in [6.45, 7) is 0.942. The fourth-order valence-corrected chi connectivity index (χ4v) is 5.15. The van der Waals surface area contributed by atoms with Gasteiger partial charge in [-0.1, -0.05) is 11.2 Å². The molecule has 132 valence electrons. The molecule has 0 N–H and O–H groups in total. The zero-order valence-electron chi connectivity index (χ0n) is 13.3. The maximum Gasteiger partial charge on any atom is 0.252 e. The Hall–Kier alpha value is -1.95. The highest BCUT2D eigenvalue weighted by molar-refractivity contribution is 7.89. The third-order valence-corrected chi connectivity index (χ3v) is 6.57. The summed E-state index contributed by atoms with van der Waals surface area (Å²) in [4.78, 5) is 4.46. The minimum atomic E-state index is -3.65. The second kappa shape index (κ2) is 6.41. The Labute approximate surface area is 148 Å². The van der Waals surface area contributed by atoms with Crippen LogP contribution in [0.25, 0.3) is 11.0 Å². The molecular weight excluding hydrogens is 366 g/mol. The molecule has 11 heteroatoms. The molecule has 1 aliphatic heterocycles. The zero-order valence-corrected chi connectivity index (χ0v) is 15.0. The highest BCUT2D eigenvalue weighted by Gasteiger charge is 2.36. The van der Waals surface area contributed by atoms with E-state index >= 15 is 0 Å². The molecule has 1 atom stereocenters. The summed E-state index contributed by atoms with van der Waals surface area (Å²) in [6, 6.07) is 5.00. The van der Waals surface area contributed by atoms with Crippen molar-refractivity contribution in [2.24, 2.45) is 0 Å². The van der Waals surface area contributed by atoms with Crippen LogP contribution in [0.4, 0.5) is 0 Å². The molecule has 3 heterocycles.